The van der Waals surface area contributed by atoms with Crippen LogP contribution in [0.4, 0.5) is 10.5 Å². The van der Waals surface area contributed by atoms with Crippen molar-refractivity contribution in [1.82, 2.24) is 25.4 Å². The summed E-state index contributed by atoms with van der Waals surface area (Å²) in [6, 6.07) is 11.9. The first kappa shape index (κ1) is 36.2. The molecule has 13 heteroatoms. The summed E-state index contributed by atoms with van der Waals surface area (Å²) in [6.07, 6.45) is 3.31. The van der Waals surface area contributed by atoms with Crippen LogP contribution < -0.4 is 15.5 Å². The molecule has 3 heterocycles. The molecule has 2 aliphatic heterocycles. The van der Waals surface area contributed by atoms with Crippen LogP contribution in [0.3, 0.4) is 0 Å². The summed E-state index contributed by atoms with van der Waals surface area (Å²) in [7, 11) is 0. The van der Waals surface area contributed by atoms with Crippen LogP contribution in [-0.4, -0.2) is 108 Å². The smallest absolute Gasteiger partial charge is 0.409 e. The zero-order chi connectivity index (χ0) is 34.5. The third-order valence-electron chi connectivity index (χ3n) is 8.77. The first-order chi connectivity index (χ1) is 23.2. The largest absolute Gasteiger partial charge is 0.481 e. The zero-order valence-electron chi connectivity index (χ0n) is 28.0. The maximum Gasteiger partial charge on any atom is 0.409 e. The van der Waals surface area contributed by atoms with Crippen molar-refractivity contribution >= 4 is 35.5 Å². The number of piperidine rings is 1. The van der Waals surface area contributed by atoms with E-state index >= 15 is 0 Å². The number of rotatable bonds is 14. The zero-order valence-corrected chi connectivity index (χ0v) is 28.0. The van der Waals surface area contributed by atoms with Gasteiger partial charge in [-0.1, -0.05) is 50.1 Å². The molecule has 4 amide bonds. The Morgan fingerprint density at radius 3 is 2.27 bits per heavy atom. The third-order valence-corrected chi connectivity index (χ3v) is 8.77. The summed E-state index contributed by atoms with van der Waals surface area (Å²) in [6.45, 7) is 7.18. The number of ether oxygens (including phenoxy) is 1. The Bertz CT molecular complexity index is 1410. The van der Waals surface area contributed by atoms with Crippen molar-refractivity contribution in [3.05, 3.63) is 48.2 Å². The van der Waals surface area contributed by atoms with E-state index in [0.29, 0.717) is 44.8 Å². The molecule has 13 nitrogen and oxygen atoms in total. The van der Waals surface area contributed by atoms with Gasteiger partial charge in [0.25, 0.3) is 5.91 Å². The van der Waals surface area contributed by atoms with Crippen molar-refractivity contribution < 1.29 is 33.8 Å². The molecule has 2 saturated heterocycles. The molecule has 48 heavy (non-hydrogen) atoms. The summed E-state index contributed by atoms with van der Waals surface area (Å²) in [5.41, 5.74) is 2.26. The Balaban J connectivity index is 1.48. The number of carbonyl (C=O) groups is 5. The van der Waals surface area contributed by atoms with Gasteiger partial charge in [0.2, 0.25) is 11.8 Å². The lowest BCUT2D eigenvalue weighted by Gasteiger charge is -2.36. The number of anilines is 1. The summed E-state index contributed by atoms with van der Waals surface area (Å²) < 4.78 is 5.35. The van der Waals surface area contributed by atoms with Gasteiger partial charge >= 0.3 is 12.1 Å². The molecule has 2 aromatic rings. The van der Waals surface area contributed by atoms with Gasteiger partial charge in [0, 0.05) is 69.4 Å². The standard InChI is InChI=1S/C35H48N6O7/c1-3-5-9-22-48-35(47)41-20-18-40(19-21-41)34(46)28(12-13-31(42)43)38-33(45)30-24-27(23-29(37-30)25-10-7-6-8-11-25)39-16-14-26(15-17-39)32(44)36-4-2/h6-8,10-11,23-24,26,28H,3-5,9,12-22H2,1-2H3,(H,36,44)(H,38,45)(H,42,43)/t28-/m0/s1. The fourth-order valence-corrected chi connectivity index (χ4v) is 5.98. The molecule has 4 rings (SSSR count). The van der Waals surface area contributed by atoms with E-state index < -0.39 is 29.9 Å². The van der Waals surface area contributed by atoms with Crippen LogP contribution in [0.2, 0.25) is 0 Å². The normalized spacial score (nSPS) is 15.8. The highest BCUT2D eigenvalue weighted by atomic mass is 16.6. The summed E-state index contributed by atoms with van der Waals surface area (Å²) in [4.78, 5) is 73.7. The number of aromatic nitrogens is 1. The number of amides is 4. The van der Waals surface area contributed by atoms with E-state index in [9.17, 15) is 29.1 Å². The van der Waals surface area contributed by atoms with Crippen molar-refractivity contribution in [3.8, 4) is 11.3 Å². The van der Waals surface area contributed by atoms with Gasteiger partial charge in [-0.3, -0.25) is 19.2 Å². The molecule has 260 valence electrons. The predicted octanol–water partition coefficient (Wildman–Crippen LogP) is 3.54. The minimum absolute atomic E-state index is 0.0535. The summed E-state index contributed by atoms with van der Waals surface area (Å²) >= 11 is 0. The van der Waals surface area contributed by atoms with Gasteiger partial charge in [0.1, 0.15) is 11.7 Å². The number of hydrogen-bond donors (Lipinski definition) is 3. The van der Waals surface area contributed by atoms with Crippen LogP contribution in [0.5, 0.6) is 0 Å². The first-order valence-electron chi connectivity index (χ1n) is 17.0. The minimum Gasteiger partial charge on any atom is -0.481 e. The second kappa shape index (κ2) is 18.0. The van der Waals surface area contributed by atoms with E-state index in [1.807, 2.05) is 43.3 Å². The maximum absolute atomic E-state index is 13.8. The SMILES string of the molecule is CCCCCOC(=O)N1CCN(C(=O)[C@H](CCC(=O)O)NC(=O)c2cc(N3CCC(C(=O)NCC)CC3)cc(-c3ccccc3)n2)CC1. The van der Waals surface area contributed by atoms with Crippen LogP contribution in [0, 0.1) is 5.92 Å². The van der Waals surface area contributed by atoms with Crippen molar-refractivity contribution in [3.63, 3.8) is 0 Å². The molecule has 0 saturated carbocycles. The van der Waals surface area contributed by atoms with E-state index in [0.717, 1.165) is 30.5 Å². The molecular formula is C35H48N6O7. The number of carboxylic acid groups (broad SMARTS) is 1. The monoisotopic (exact) mass is 664 g/mol. The molecule has 2 fully saturated rings. The number of unbranched alkanes of at least 4 members (excludes halogenated alkanes) is 2. The maximum atomic E-state index is 13.8. The highest BCUT2D eigenvalue weighted by Crippen LogP contribution is 2.28. The average molecular weight is 665 g/mol. The van der Waals surface area contributed by atoms with Crippen LogP contribution in [0.1, 0.15) is 69.3 Å². The van der Waals surface area contributed by atoms with E-state index in [2.05, 4.69) is 27.4 Å². The number of piperazine rings is 1. The Morgan fingerprint density at radius 1 is 0.938 bits per heavy atom. The highest BCUT2D eigenvalue weighted by Gasteiger charge is 2.32. The summed E-state index contributed by atoms with van der Waals surface area (Å²) in [5.74, 6) is -2.10. The van der Waals surface area contributed by atoms with Gasteiger partial charge in [-0.15, -0.1) is 0 Å². The number of nitrogens with one attached hydrogen (secondary N) is 2. The van der Waals surface area contributed by atoms with Crippen molar-refractivity contribution in [2.45, 2.75) is 64.8 Å². The molecule has 1 aromatic heterocycles. The summed E-state index contributed by atoms with van der Waals surface area (Å²) in [5, 5.41) is 15.1. The fourth-order valence-electron chi connectivity index (χ4n) is 5.98. The third kappa shape index (κ3) is 10.2. The second-order valence-electron chi connectivity index (χ2n) is 12.2. The lowest BCUT2D eigenvalue weighted by atomic mass is 9.95. The Kier molecular flexibility index (Phi) is 13.6. The second-order valence-corrected chi connectivity index (χ2v) is 12.2. The molecule has 3 N–H and O–H groups in total. The number of pyridine rings is 1. The van der Waals surface area contributed by atoms with E-state index in [-0.39, 0.29) is 56.5 Å². The average Bonchev–Trinajstić information content (AvgIpc) is 3.11. The van der Waals surface area contributed by atoms with Crippen molar-refractivity contribution in [2.24, 2.45) is 5.92 Å². The Hall–Kier alpha value is -4.68. The lowest BCUT2D eigenvalue weighted by molar-refractivity contribution is -0.138. The number of hydrogen-bond acceptors (Lipinski definition) is 8. The molecule has 2 aliphatic rings. The van der Waals surface area contributed by atoms with Crippen LogP contribution in [0.25, 0.3) is 11.3 Å². The molecule has 0 aliphatic carbocycles. The highest BCUT2D eigenvalue weighted by molar-refractivity contribution is 5.97. The minimum atomic E-state index is -1.10. The van der Waals surface area contributed by atoms with Crippen molar-refractivity contribution in [2.75, 3.05) is 57.3 Å². The number of carbonyl (C=O) groups excluding carboxylic acids is 4. The molecule has 1 aromatic carbocycles. The van der Waals surface area contributed by atoms with Crippen LogP contribution in [-0.2, 0) is 19.1 Å². The van der Waals surface area contributed by atoms with Gasteiger partial charge in [-0.25, -0.2) is 9.78 Å². The number of aliphatic carboxylic acids is 1. The molecule has 1 atom stereocenters. The number of benzene rings is 1. The molecule has 0 unspecified atom stereocenters. The quantitative estimate of drug-likeness (QED) is 0.257. The molecule has 0 bridgehead atoms. The molecule has 0 spiro atoms. The van der Waals surface area contributed by atoms with Gasteiger partial charge in [0.15, 0.2) is 0 Å². The molecule has 0 radical (unpaired) electrons. The van der Waals surface area contributed by atoms with Gasteiger partial charge in [0.05, 0.1) is 12.3 Å². The van der Waals surface area contributed by atoms with E-state index in [4.69, 9.17) is 4.74 Å². The fraction of sp³-hybridized carbons (Fsp3) is 0.543. The van der Waals surface area contributed by atoms with E-state index in [1.54, 1.807) is 15.9 Å². The lowest BCUT2D eigenvalue weighted by Crippen LogP contribution is -2.56. The van der Waals surface area contributed by atoms with Gasteiger partial charge in [-0.05, 0) is 44.7 Å². The topological polar surface area (TPSA) is 161 Å². The number of carboxylic acids is 1. The van der Waals surface area contributed by atoms with Crippen LogP contribution in [0.15, 0.2) is 42.5 Å². The Labute approximate surface area is 282 Å². The number of nitrogens with zero attached hydrogens (tertiary/aromatic N) is 4. The van der Waals surface area contributed by atoms with E-state index in [1.165, 1.54) is 0 Å². The molecular weight excluding hydrogens is 616 g/mol. The Morgan fingerprint density at radius 2 is 1.62 bits per heavy atom. The van der Waals surface area contributed by atoms with Gasteiger partial charge < -0.3 is 35.2 Å². The van der Waals surface area contributed by atoms with Crippen LogP contribution >= 0.6 is 0 Å². The first-order valence-corrected chi connectivity index (χ1v) is 17.0. The van der Waals surface area contributed by atoms with Crippen molar-refractivity contribution in [1.29, 1.82) is 0 Å². The van der Waals surface area contributed by atoms with Gasteiger partial charge in [-0.2, -0.15) is 0 Å². The predicted molar refractivity (Wildman–Crippen MR) is 180 cm³/mol.